The number of aliphatic hydroxyl groups excluding tert-OH is 1. The Morgan fingerprint density at radius 1 is 2.00 bits per heavy atom. The molecule has 2 nitrogen and oxygen atoms in total. The van der Waals surface area contributed by atoms with E-state index >= 15 is 0 Å². The summed E-state index contributed by atoms with van der Waals surface area (Å²) in [5.41, 5.74) is -1.14. The molecule has 0 bridgehead atoms. The van der Waals surface area contributed by atoms with E-state index in [1.165, 1.54) is 0 Å². The third-order valence-corrected chi connectivity index (χ3v) is 1.64. The molecule has 0 radical (unpaired) electrons. The average molecular weight is 147 g/mol. The van der Waals surface area contributed by atoms with Crippen LogP contribution in [0.5, 0.6) is 0 Å². The number of ether oxygens (including phenoxy) is 1. The Labute approximate surface area is 68.5 Å². The Hall–Kier alpha value is -0.340. The van der Waals surface area contributed by atoms with Gasteiger partial charge in [0.15, 0.2) is 0 Å². The standard InChI is InChI=1S/C8H14O2/c1-5(2)6(9)7-8(3,4)10-7/h6-7,9H,1H2,2-4H3/i1D2,2D3. The van der Waals surface area contributed by atoms with Crippen LogP contribution in [0.15, 0.2) is 12.1 Å². The molecule has 1 N–H and O–H groups in total. The van der Waals surface area contributed by atoms with Crippen LogP contribution in [0.3, 0.4) is 0 Å². The first-order valence-corrected chi connectivity index (χ1v) is 3.11. The minimum Gasteiger partial charge on any atom is -0.386 e. The summed E-state index contributed by atoms with van der Waals surface area (Å²) in [4.78, 5) is 0. The zero-order valence-corrected chi connectivity index (χ0v) is 6.01. The fraction of sp³-hybridized carbons (Fsp3) is 0.750. The van der Waals surface area contributed by atoms with E-state index in [2.05, 4.69) is 0 Å². The Bertz CT molecular complexity index is 290. The first-order valence-electron chi connectivity index (χ1n) is 5.61. The topological polar surface area (TPSA) is 32.8 Å². The van der Waals surface area contributed by atoms with Crippen molar-refractivity contribution >= 4 is 0 Å². The third-order valence-electron chi connectivity index (χ3n) is 1.64. The maximum absolute atomic E-state index is 9.71. The molecular formula is C8H14O2. The van der Waals surface area contributed by atoms with E-state index < -0.39 is 36.8 Å². The van der Waals surface area contributed by atoms with Crippen molar-refractivity contribution in [3.05, 3.63) is 12.1 Å². The van der Waals surface area contributed by atoms with E-state index in [1.54, 1.807) is 13.8 Å². The molecule has 0 aromatic carbocycles. The first kappa shape index (κ1) is 3.37. The molecule has 2 atom stereocenters. The van der Waals surface area contributed by atoms with Crippen LogP contribution in [0, 0.1) is 0 Å². The molecule has 10 heavy (non-hydrogen) atoms. The number of rotatable bonds is 2. The number of epoxide rings is 1. The van der Waals surface area contributed by atoms with Crippen LogP contribution >= 0.6 is 0 Å². The van der Waals surface area contributed by atoms with Crippen molar-refractivity contribution in [3.63, 3.8) is 0 Å². The van der Waals surface area contributed by atoms with Gasteiger partial charge in [0.05, 0.1) is 8.34 Å². The van der Waals surface area contributed by atoms with Crippen LogP contribution in [0.25, 0.3) is 0 Å². The van der Waals surface area contributed by atoms with Gasteiger partial charge in [-0.15, -0.1) is 0 Å². The molecule has 58 valence electrons. The molecule has 1 saturated heterocycles. The summed E-state index contributed by atoms with van der Waals surface area (Å²) in [5.74, 6) is 0. The van der Waals surface area contributed by atoms with Gasteiger partial charge in [-0.2, -0.15) is 0 Å². The van der Waals surface area contributed by atoms with Crippen LogP contribution in [-0.4, -0.2) is 22.9 Å². The Morgan fingerprint density at radius 3 is 2.90 bits per heavy atom. The van der Waals surface area contributed by atoms with Crippen LogP contribution in [0.1, 0.15) is 27.6 Å². The predicted octanol–water partition coefficient (Wildman–Crippen LogP) is 1.10. The molecule has 1 rings (SSSR count). The smallest absolute Gasteiger partial charge is 0.116 e. The number of hydrogen-bond donors (Lipinski definition) is 1. The van der Waals surface area contributed by atoms with Crippen LogP contribution in [0.2, 0.25) is 0 Å². The summed E-state index contributed by atoms with van der Waals surface area (Å²) in [6.45, 7) is -0.0638. The van der Waals surface area contributed by atoms with Gasteiger partial charge in [0.2, 0.25) is 0 Å². The first-order chi connectivity index (χ1) is 6.57. The lowest BCUT2D eigenvalue weighted by atomic mass is 10.0. The highest BCUT2D eigenvalue weighted by atomic mass is 16.6. The van der Waals surface area contributed by atoms with Crippen molar-refractivity contribution in [1.29, 1.82) is 0 Å². The van der Waals surface area contributed by atoms with E-state index in [0.717, 1.165) is 0 Å². The molecule has 0 saturated carbocycles. The Morgan fingerprint density at radius 2 is 2.60 bits per heavy atom. The summed E-state index contributed by atoms with van der Waals surface area (Å²) in [7, 11) is 0. The quantitative estimate of drug-likeness (QED) is 0.468. The van der Waals surface area contributed by atoms with E-state index in [0.29, 0.717) is 0 Å². The van der Waals surface area contributed by atoms with Crippen molar-refractivity contribution in [1.82, 2.24) is 0 Å². The van der Waals surface area contributed by atoms with Crippen LogP contribution in [0.4, 0.5) is 0 Å². The van der Waals surface area contributed by atoms with Crippen LogP contribution < -0.4 is 0 Å². The van der Waals surface area contributed by atoms with Crippen molar-refractivity contribution in [3.8, 4) is 0 Å². The second-order valence-electron chi connectivity index (χ2n) is 3.00. The molecule has 0 aromatic heterocycles. The van der Waals surface area contributed by atoms with Gasteiger partial charge in [-0.1, -0.05) is 6.53 Å². The van der Waals surface area contributed by atoms with Gasteiger partial charge in [0.25, 0.3) is 0 Å². The fourth-order valence-electron chi connectivity index (χ4n) is 0.889. The second kappa shape index (κ2) is 2.07. The molecule has 0 spiro atoms. The largest absolute Gasteiger partial charge is 0.386 e. The van der Waals surface area contributed by atoms with Gasteiger partial charge >= 0.3 is 0 Å². The molecule has 0 aromatic rings. The van der Waals surface area contributed by atoms with E-state index in [4.69, 9.17) is 11.6 Å². The summed E-state index contributed by atoms with van der Waals surface area (Å²) in [6.07, 6.45) is -2.05. The van der Waals surface area contributed by atoms with Crippen molar-refractivity contribution in [2.45, 2.75) is 38.5 Å². The van der Waals surface area contributed by atoms with Gasteiger partial charge in [-0.05, 0) is 26.3 Å². The summed E-state index contributed by atoms with van der Waals surface area (Å²) >= 11 is 0. The van der Waals surface area contributed by atoms with Crippen molar-refractivity contribution in [2.75, 3.05) is 0 Å². The lowest BCUT2D eigenvalue weighted by Gasteiger charge is -2.06. The molecule has 0 amide bonds. The molecule has 2 unspecified atom stereocenters. The molecule has 2 heteroatoms. The zero-order chi connectivity index (χ0) is 12.0. The van der Waals surface area contributed by atoms with Gasteiger partial charge in [0, 0.05) is 4.11 Å². The highest BCUT2D eigenvalue weighted by Gasteiger charge is 2.52. The number of aliphatic hydroxyl groups is 1. The van der Waals surface area contributed by atoms with E-state index in [-0.39, 0.29) is 0 Å². The SMILES string of the molecule is [2H]C([2H])=C(C(O)C1OC1(C)C)C([2H])([2H])[2H]. The predicted molar refractivity (Wildman–Crippen MR) is 39.8 cm³/mol. The van der Waals surface area contributed by atoms with Gasteiger partial charge in [0.1, 0.15) is 12.2 Å². The average Bonchev–Trinajstić information content (AvgIpc) is 2.55. The molecule has 0 aliphatic carbocycles. The van der Waals surface area contributed by atoms with Gasteiger partial charge in [-0.25, -0.2) is 0 Å². The summed E-state index contributed by atoms with van der Waals surface area (Å²) in [6, 6.07) is 0. The molecular weight excluding hydrogens is 128 g/mol. The second-order valence-corrected chi connectivity index (χ2v) is 3.00. The summed E-state index contributed by atoms with van der Waals surface area (Å²) in [5, 5.41) is 9.71. The summed E-state index contributed by atoms with van der Waals surface area (Å²) < 4.78 is 40.5. The minimum absolute atomic E-state index is 0.557. The Balaban J connectivity index is 2.90. The van der Waals surface area contributed by atoms with Crippen LogP contribution in [-0.2, 0) is 4.74 Å². The van der Waals surface area contributed by atoms with Gasteiger partial charge < -0.3 is 9.84 Å². The molecule has 1 aliphatic heterocycles. The zero-order valence-electron chi connectivity index (χ0n) is 11.0. The molecule has 1 heterocycles. The lowest BCUT2D eigenvalue weighted by Crippen LogP contribution is -2.20. The van der Waals surface area contributed by atoms with Crippen molar-refractivity contribution in [2.24, 2.45) is 0 Å². The highest BCUT2D eigenvalue weighted by molar-refractivity contribution is 5.11. The highest BCUT2D eigenvalue weighted by Crippen LogP contribution is 2.39. The lowest BCUT2D eigenvalue weighted by molar-refractivity contribution is 0.167. The minimum atomic E-state index is -2.62. The number of hydrogen-bond acceptors (Lipinski definition) is 2. The maximum atomic E-state index is 9.71. The maximum Gasteiger partial charge on any atom is 0.116 e. The molecule has 1 aliphatic rings. The van der Waals surface area contributed by atoms with Crippen molar-refractivity contribution < 1.29 is 16.7 Å². The Kier molecular flexibility index (Phi) is 0.698. The van der Waals surface area contributed by atoms with E-state index in [9.17, 15) is 5.11 Å². The third kappa shape index (κ3) is 1.22. The molecule has 1 fully saturated rings. The monoisotopic (exact) mass is 147 g/mol. The fourth-order valence-corrected chi connectivity index (χ4v) is 0.889. The van der Waals surface area contributed by atoms with Gasteiger partial charge in [-0.3, -0.25) is 0 Å². The normalized spacial score (nSPS) is 39.5. The van der Waals surface area contributed by atoms with E-state index in [1.807, 2.05) is 0 Å².